The quantitative estimate of drug-likeness (QED) is 0.719. The molecule has 1 nitrogen and oxygen atoms in total. The fraction of sp³-hybridized carbons (Fsp3) is 0.273. The third-order valence-electron chi connectivity index (χ3n) is 2.39. The molecule has 1 aromatic carbocycles. The van der Waals surface area contributed by atoms with E-state index in [0.29, 0.717) is 0 Å². The topological polar surface area (TPSA) is 12.0 Å². The summed E-state index contributed by atoms with van der Waals surface area (Å²) in [5.74, 6) is 0. The van der Waals surface area contributed by atoms with Crippen molar-refractivity contribution in [2.24, 2.45) is 0 Å². The van der Waals surface area contributed by atoms with Gasteiger partial charge >= 0.3 is 0 Å². The van der Waals surface area contributed by atoms with Crippen LogP contribution in [-0.2, 0) is 6.42 Å². The molecule has 2 heteroatoms. The summed E-state index contributed by atoms with van der Waals surface area (Å²) < 4.78 is 0. The van der Waals surface area contributed by atoms with E-state index in [0.717, 1.165) is 23.6 Å². The van der Waals surface area contributed by atoms with Crippen molar-refractivity contribution in [2.75, 3.05) is 5.32 Å². The second-order valence-corrected chi connectivity index (χ2v) is 3.66. The zero-order valence-corrected chi connectivity index (χ0v) is 8.36. The van der Waals surface area contributed by atoms with Crippen molar-refractivity contribution in [3.63, 3.8) is 0 Å². The van der Waals surface area contributed by atoms with E-state index in [9.17, 15) is 0 Å². The second kappa shape index (κ2) is 3.43. The number of anilines is 1. The van der Waals surface area contributed by atoms with Crippen LogP contribution in [0.2, 0.25) is 5.02 Å². The van der Waals surface area contributed by atoms with Crippen LogP contribution in [0.25, 0.3) is 0 Å². The van der Waals surface area contributed by atoms with Crippen LogP contribution in [0.5, 0.6) is 0 Å². The zero-order chi connectivity index (χ0) is 9.26. The normalized spacial score (nSPS) is 14.5. The molecule has 0 aliphatic carbocycles. The lowest BCUT2D eigenvalue weighted by Crippen LogP contribution is -2.05. The van der Waals surface area contributed by atoms with Crippen molar-refractivity contribution in [3.05, 3.63) is 40.6 Å². The first-order valence-electron chi connectivity index (χ1n) is 4.53. The molecule has 0 fully saturated rings. The minimum Gasteiger partial charge on any atom is -0.360 e. The molecule has 0 spiro atoms. The summed E-state index contributed by atoms with van der Waals surface area (Å²) in [6.07, 6.45) is 4.19. The summed E-state index contributed by atoms with van der Waals surface area (Å²) in [5.41, 5.74) is 3.79. The Labute approximate surface area is 83.4 Å². The highest BCUT2D eigenvalue weighted by molar-refractivity contribution is 6.33. The summed E-state index contributed by atoms with van der Waals surface area (Å²) in [4.78, 5) is 0. The lowest BCUT2D eigenvalue weighted by Gasteiger charge is -2.18. The number of hydrogen-bond acceptors (Lipinski definition) is 1. The molecule has 0 unspecified atom stereocenters. The molecule has 1 aliphatic heterocycles. The Morgan fingerprint density at radius 3 is 3.08 bits per heavy atom. The molecule has 1 N–H and O–H groups in total. The predicted octanol–water partition coefficient (Wildman–Crippen LogP) is 3.60. The first kappa shape index (κ1) is 8.64. The van der Waals surface area contributed by atoms with Gasteiger partial charge in [-0.25, -0.2) is 0 Å². The minimum absolute atomic E-state index is 0.809. The van der Waals surface area contributed by atoms with Crippen LogP contribution in [-0.4, -0.2) is 0 Å². The van der Waals surface area contributed by atoms with Crippen LogP contribution in [0.4, 0.5) is 5.69 Å². The average molecular weight is 194 g/mol. The van der Waals surface area contributed by atoms with E-state index >= 15 is 0 Å². The second-order valence-electron chi connectivity index (χ2n) is 3.25. The Morgan fingerprint density at radius 2 is 2.31 bits per heavy atom. The number of hydrogen-bond donors (Lipinski definition) is 1. The van der Waals surface area contributed by atoms with E-state index in [4.69, 9.17) is 11.6 Å². The maximum absolute atomic E-state index is 6.04. The van der Waals surface area contributed by atoms with E-state index in [2.05, 4.69) is 24.5 Å². The van der Waals surface area contributed by atoms with Gasteiger partial charge in [-0.2, -0.15) is 0 Å². The van der Waals surface area contributed by atoms with Gasteiger partial charge in [0, 0.05) is 6.20 Å². The van der Waals surface area contributed by atoms with Crippen molar-refractivity contribution in [3.8, 4) is 0 Å². The fourth-order valence-corrected chi connectivity index (χ4v) is 1.82. The van der Waals surface area contributed by atoms with Gasteiger partial charge in [0.2, 0.25) is 0 Å². The lowest BCUT2D eigenvalue weighted by molar-refractivity contribution is 0.985. The smallest absolute Gasteiger partial charge is 0.0643 e. The van der Waals surface area contributed by atoms with E-state index in [1.807, 2.05) is 12.1 Å². The van der Waals surface area contributed by atoms with Gasteiger partial charge in [-0.3, -0.25) is 0 Å². The SMILES string of the molecule is CCC1=CNc2c(Cl)cccc2C1. The molecule has 0 atom stereocenters. The molecule has 0 saturated carbocycles. The monoisotopic (exact) mass is 193 g/mol. The summed E-state index contributed by atoms with van der Waals surface area (Å²) in [7, 11) is 0. The van der Waals surface area contributed by atoms with Gasteiger partial charge in [0.1, 0.15) is 0 Å². The van der Waals surface area contributed by atoms with E-state index in [1.165, 1.54) is 11.1 Å². The summed E-state index contributed by atoms with van der Waals surface area (Å²) in [6, 6.07) is 6.04. The van der Waals surface area contributed by atoms with E-state index < -0.39 is 0 Å². The molecule has 1 aromatic rings. The molecular formula is C11H12ClN. The molecule has 0 radical (unpaired) electrons. The number of benzene rings is 1. The Morgan fingerprint density at radius 1 is 1.46 bits per heavy atom. The number of fused-ring (bicyclic) bond motifs is 1. The molecule has 1 heterocycles. The fourth-order valence-electron chi connectivity index (χ4n) is 1.57. The highest BCUT2D eigenvalue weighted by Gasteiger charge is 2.11. The largest absolute Gasteiger partial charge is 0.360 e. The van der Waals surface area contributed by atoms with Crippen LogP contribution < -0.4 is 5.32 Å². The van der Waals surface area contributed by atoms with Crippen LogP contribution in [0.15, 0.2) is 30.0 Å². The Balaban J connectivity index is 2.38. The third-order valence-corrected chi connectivity index (χ3v) is 2.71. The average Bonchev–Trinajstić information content (AvgIpc) is 2.18. The van der Waals surface area contributed by atoms with Gasteiger partial charge in [-0.05, 0) is 30.0 Å². The first-order valence-corrected chi connectivity index (χ1v) is 4.91. The number of para-hydroxylation sites is 1. The van der Waals surface area contributed by atoms with Gasteiger partial charge in [-0.15, -0.1) is 0 Å². The maximum Gasteiger partial charge on any atom is 0.0643 e. The Kier molecular flexibility index (Phi) is 2.28. The molecule has 0 aromatic heterocycles. The van der Waals surface area contributed by atoms with E-state index in [-0.39, 0.29) is 0 Å². The summed E-state index contributed by atoms with van der Waals surface area (Å²) >= 11 is 6.04. The number of halogens is 1. The molecular weight excluding hydrogens is 182 g/mol. The maximum atomic E-state index is 6.04. The molecule has 2 rings (SSSR count). The predicted molar refractivity (Wildman–Crippen MR) is 57.2 cm³/mol. The molecule has 0 amide bonds. The molecule has 0 saturated heterocycles. The molecule has 68 valence electrons. The van der Waals surface area contributed by atoms with E-state index in [1.54, 1.807) is 0 Å². The van der Waals surface area contributed by atoms with Crippen molar-refractivity contribution < 1.29 is 0 Å². The van der Waals surface area contributed by atoms with Crippen LogP contribution in [0, 0.1) is 0 Å². The Hall–Kier alpha value is -0.950. The van der Waals surface area contributed by atoms with Crippen molar-refractivity contribution >= 4 is 17.3 Å². The van der Waals surface area contributed by atoms with Gasteiger partial charge in [0.05, 0.1) is 10.7 Å². The Bertz CT molecular complexity index is 355. The highest BCUT2D eigenvalue weighted by atomic mass is 35.5. The van der Waals surface area contributed by atoms with Gasteiger partial charge in [0.15, 0.2) is 0 Å². The summed E-state index contributed by atoms with van der Waals surface area (Å²) in [5, 5.41) is 4.05. The van der Waals surface area contributed by atoms with Gasteiger partial charge in [0.25, 0.3) is 0 Å². The third kappa shape index (κ3) is 1.56. The highest BCUT2D eigenvalue weighted by Crippen LogP contribution is 2.31. The number of rotatable bonds is 1. The zero-order valence-electron chi connectivity index (χ0n) is 7.60. The first-order chi connectivity index (χ1) is 6.31. The molecule has 13 heavy (non-hydrogen) atoms. The van der Waals surface area contributed by atoms with Crippen LogP contribution in [0.1, 0.15) is 18.9 Å². The lowest BCUT2D eigenvalue weighted by atomic mass is 9.99. The van der Waals surface area contributed by atoms with Crippen molar-refractivity contribution in [1.29, 1.82) is 0 Å². The van der Waals surface area contributed by atoms with Gasteiger partial charge in [-0.1, -0.05) is 30.7 Å². The number of allylic oxidation sites excluding steroid dienone is 1. The number of nitrogens with one attached hydrogen (secondary N) is 1. The van der Waals surface area contributed by atoms with Crippen molar-refractivity contribution in [2.45, 2.75) is 19.8 Å². The minimum atomic E-state index is 0.809. The standard InChI is InChI=1S/C11H12ClN/c1-2-8-6-9-4-3-5-10(12)11(9)13-7-8/h3-5,7,13H,2,6H2,1H3. The van der Waals surface area contributed by atoms with Crippen LogP contribution >= 0.6 is 11.6 Å². The summed E-state index contributed by atoms with van der Waals surface area (Å²) in [6.45, 7) is 2.17. The molecule has 1 aliphatic rings. The van der Waals surface area contributed by atoms with Crippen molar-refractivity contribution in [1.82, 2.24) is 0 Å². The van der Waals surface area contributed by atoms with Gasteiger partial charge < -0.3 is 5.32 Å². The van der Waals surface area contributed by atoms with Crippen LogP contribution in [0.3, 0.4) is 0 Å². The molecule has 0 bridgehead atoms.